The average Bonchev–Trinajstić information content (AvgIpc) is 2.67. The van der Waals surface area contributed by atoms with E-state index in [2.05, 4.69) is 5.32 Å². The molecule has 3 rings (SSSR count). The topological polar surface area (TPSA) is 55.9 Å². The Morgan fingerprint density at radius 1 is 1.19 bits per heavy atom. The van der Waals surface area contributed by atoms with Gasteiger partial charge in [0, 0.05) is 57.8 Å². The zero-order chi connectivity index (χ0) is 18.7. The highest BCUT2D eigenvalue weighted by Crippen LogP contribution is 2.29. The van der Waals surface area contributed by atoms with E-state index in [-0.39, 0.29) is 36.3 Å². The first-order chi connectivity index (χ1) is 12.5. The average molecular weight is 415 g/mol. The number of halogens is 2. The molecule has 150 valence electrons. The minimum Gasteiger partial charge on any atom is -0.333 e. The summed E-state index contributed by atoms with van der Waals surface area (Å²) in [7, 11) is 3.52. The van der Waals surface area contributed by atoms with Crippen molar-refractivity contribution in [1.29, 1.82) is 0 Å². The Bertz CT molecular complexity index is 663. The molecular formula is C19H28Cl2N4O2. The monoisotopic (exact) mass is 414 g/mol. The Morgan fingerprint density at radius 2 is 1.89 bits per heavy atom. The van der Waals surface area contributed by atoms with Gasteiger partial charge in [0.05, 0.1) is 6.04 Å². The van der Waals surface area contributed by atoms with E-state index in [1.165, 1.54) is 0 Å². The van der Waals surface area contributed by atoms with Crippen molar-refractivity contribution in [2.24, 2.45) is 5.92 Å². The molecule has 0 aliphatic carbocycles. The van der Waals surface area contributed by atoms with Crippen LogP contribution < -0.4 is 5.32 Å². The number of carbonyl (C=O) groups is 2. The lowest BCUT2D eigenvalue weighted by Gasteiger charge is -2.40. The first-order valence-electron chi connectivity index (χ1n) is 9.20. The summed E-state index contributed by atoms with van der Waals surface area (Å²) in [5, 5.41) is 4.07. The fourth-order valence-electron chi connectivity index (χ4n) is 3.81. The first-order valence-corrected chi connectivity index (χ1v) is 9.58. The molecule has 2 aliphatic heterocycles. The molecule has 1 unspecified atom stereocenters. The second-order valence-corrected chi connectivity index (χ2v) is 7.68. The molecule has 6 nitrogen and oxygen atoms in total. The summed E-state index contributed by atoms with van der Waals surface area (Å²) in [6, 6.07) is 7.79. The summed E-state index contributed by atoms with van der Waals surface area (Å²) in [5.74, 6) is 0.189. The number of carbonyl (C=O) groups excluding carboxylic acids is 2. The van der Waals surface area contributed by atoms with Gasteiger partial charge >= 0.3 is 6.03 Å². The first kappa shape index (κ1) is 21.8. The highest BCUT2D eigenvalue weighted by Gasteiger charge is 2.35. The van der Waals surface area contributed by atoms with Crippen LogP contribution in [0.1, 0.15) is 24.4 Å². The molecule has 3 amide bonds. The molecule has 2 heterocycles. The van der Waals surface area contributed by atoms with Gasteiger partial charge in [0.2, 0.25) is 5.91 Å². The van der Waals surface area contributed by atoms with Gasteiger partial charge in [-0.05, 0) is 30.5 Å². The number of nitrogens with zero attached hydrogens (tertiary/aromatic N) is 3. The van der Waals surface area contributed by atoms with Crippen LogP contribution >= 0.6 is 24.0 Å². The molecule has 0 radical (unpaired) electrons. The second-order valence-electron chi connectivity index (χ2n) is 7.24. The van der Waals surface area contributed by atoms with Crippen molar-refractivity contribution in [3.05, 3.63) is 34.9 Å². The molecule has 0 aromatic heterocycles. The van der Waals surface area contributed by atoms with Crippen molar-refractivity contribution in [1.82, 2.24) is 20.0 Å². The molecule has 8 heteroatoms. The second kappa shape index (κ2) is 9.62. The van der Waals surface area contributed by atoms with Crippen LogP contribution in [0.25, 0.3) is 0 Å². The van der Waals surface area contributed by atoms with Crippen molar-refractivity contribution >= 4 is 35.9 Å². The third-order valence-electron chi connectivity index (χ3n) is 5.26. The summed E-state index contributed by atoms with van der Waals surface area (Å²) in [5.41, 5.74) is 1.07. The zero-order valence-corrected chi connectivity index (χ0v) is 17.4. The van der Waals surface area contributed by atoms with Crippen LogP contribution in [0.4, 0.5) is 4.79 Å². The standard InChI is InChI=1S/C19H27ClN4O2.ClH/c1-22(2)19(26)23-9-6-14(7-10-23)18(25)24-11-8-21-13-17(24)15-4-3-5-16(20)12-15;/h3-5,12,14,17,21H,6-11,13H2,1-2H3;1H. The lowest BCUT2D eigenvalue weighted by Crippen LogP contribution is -2.52. The molecule has 2 saturated heterocycles. The third-order valence-corrected chi connectivity index (χ3v) is 5.49. The molecular weight excluding hydrogens is 387 g/mol. The van der Waals surface area contributed by atoms with E-state index in [0.717, 1.165) is 31.5 Å². The summed E-state index contributed by atoms with van der Waals surface area (Å²) in [6.07, 6.45) is 1.45. The summed E-state index contributed by atoms with van der Waals surface area (Å²) < 4.78 is 0. The Labute approximate surface area is 172 Å². The van der Waals surface area contributed by atoms with Gasteiger partial charge in [-0.3, -0.25) is 4.79 Å². The number of nitrogens with one attached hydrogen (secondary N) is 1. The Morgan fingerprint density at radius 3 is 2.52 bits per heavy atom. The van der Waals surface area contributed by atoms with Crippen molar-refractivity contribution in [3.8, 4) is 0 Å². The number of likely N-dealkylation sites (tertiary alicyclic amines) is 1. The van der Waals surface area contributed by atoms with Crippen LogP contribution in [0, 0.1) is 5.92 Å². The molecule has 1 atom stereocenters. The molecule has 0 spiro atoms. The number of piperazine rings is 1. The molecule has 27 heavy (non-hydrogen) atoms. The Kier molecular flexibility index (Phi) is 7.77. The lowest BCUT2D eigenvalue weighted by molar-refractivity contribution is -0.140. The molecule has 0 bridgehead atoms. The number of piperidine rings is 1. The Balaban J connectivity index is 0.00000261. The largest absolute Gasteiger partial charge is 0.333 e. The maximum absolute atomic E-state index is 13.2. The lowest BCUT2D eigenvalue weighted by atomic mass is 9.93. The van der Waals surface area contributed by atoms with Gasteiger partial charge in [-0.15, -0.1) is 12.4 Å². The Hall–Kier alpha value is -1.50. The van der Waals surface area contributed by atoms with Crippen LogP contribution in [0.5, 0.6) is 0 Å². The number of amides is 3. The van der Waals surface area contributed by atoms with E-state index in [4.69, 9.17) is 11.6 Å². The molecule has 2 fully saturated rings. The van der Waals surface area contributed by atoms with Gasteiger partial charge in [0.25, 0.3) is 0 Å². The van der Waals surface area contributed by atoms with Crippen LogP contribution in [-0.2, 0) is 4.79 Å². The third kappa shape index (κ3) is 5.06. The zero-order valence-electron chi connectivity index (χ0n) is 15.9. The quantitative estimate of drug-likeness (QED) is 0.808. The van der Waals surface area contributed by atoms with Gasteiger partial charge in [-0.2, -0.15) is 0 Å². The predicted molar refractivity (Wildman–Crippen MR) is 109 cm³/mol. The minimum absolute atomic E-state index is 0. The van der Waals surface area contributed by atoms with E-state index in [1.807, 2.05) is 34.1 Å². The van der Waals surface area contributed by atoms with E-state index in [9.17, 15) is 9.59 Å². The molecule has 2 aliphatic rings. The van der Waals surface area contributed by atoms with Gasteiger partial charge in [0.1, 0.15) is 0 Å². The highest BCUT2D eigenvalue weighted by molar-refractivity contribution is 6.30. The van der Waals surface area contributed by atoms with Gasteiger partial charge in [0.15, 0.2) is 0 Å². The fraction of sp³-hybridized carbons (Fsp3) is 0.579. The summed E-state index contributed by atoms with van der Waals surface area (Å²) in [4.78, 5) is 30.7. The number of benzene rings is 1. The number of urea groups is 1. The van der Waals surface area contributed by atoms with E-state index >= 15 is 0 Å². The van der Waals surface area contributed by atoms with Gasteiger partial charge in [-0.1, -0.05) is 23.7 Å². The van der Waals surface area contributed by atoms with Gasteiger partial charge < -0.3 is 20.0 Å². The number of rotatable bonds is 2. The summed E-state index contributed by atoms with van der Waals surface area (Å²) in [6.45, 7) is 3.53. The van der Waals surface area contributed by atoms with Crippen LogP contribution in [0.2, 0.25) is 5.02 Å². The predicted octanol–water partition coefficient (Wildman–Crippen LogP) is 2.63. The van der Waals surface area contributed by atoms with Crippen molar-refractivity contribution in [2.45, 2.75) is 18.9 Å². The van der Waals surface area contributed by atoms with E-state index < -0.39 is 0 Å². The van der Waals surface area contributed by atoms with Crippen LogP contribution in [0.15, 0.2) is 24.3 Å². The molecule has 1 aromatic carbocycles. The van der Waals surface area contributed by atoms with Crippen LogP contribution in [-0.4, -0.2) is 73.5 Å². The van der Waals surface area contributed by atoms with Crippen molar-refractivity contribution < 1.29 is 9.59 Å². The number of hydrogen-bond donors (Lipinski definition) is 1. The van der Waals surface area contributed by atoms with Gasteiger partial charge in [-0.25, -0.2) is 4.79 Å². The van der Waals surface area contributed by atoms with Crippen LogP contribution in [0.3, 0.4) is 0 Å². The van der Waals surface area contributed by atoms with E-state index in [0.29, 0.717) is 24.7 Å². The SMILES string of the molecule is CN(C)C(=O)N1CCC(C(=O)N2CCNCC2c2cccc(Cl)c2)CC1.Cl. The maximum Gasteiger partial charge on any atom is 0.319 e. The maximum atomic E-state index is 13.2. The smallest absolute Gasteiger partial charge is 0.319 e. The highest BCUT2D eigenvalue weighted by atomic mass is 35.5. The fourth-order valence-corrected chi connectivity index (χ4v) is 4.01. The molecule has 1 aromatic rings. The minimum atomic E-state index is -0.0130. The molecule has 1 N–H and O–H groups in total. The normalized spacial score (nSPS) is 20.8. The number of hydrogen-bond acceptors (Lipinski definition) is 3. The van der Waals surface area contributed by atoms with Crippen molar-refractivity contribution in [2.75, 3.05) is 46.8 Å². The summed E-state index contributed by atoms with van der Waals surface area (Å²) >= 11 is 6.15. The molecule has 0 saturated carbocycles. The van der Waals surface area contributed by atoms with Crippen molar-refractivity contribution in [3.63, 3.8) is 0 Å². The van der Waals surface area contributed by atoms with E-state index in [1.54, 1.807) is 19.0 Å².